The molecule has 1 aromatic heterocycles. The highest BCUT2D eigenvalue weighted by molar-refractivity contribution is 5.29. The van der Waals surface area contributed by atoms with Gasteiger partial charge >= 0.3 is 0 Å². The largest absolute Gasteiger partial charge is 0.338 e. The molecular formula is C17H23N3O. The lowest BCUT2D eigenvalue weighted by Crippen LogP contribution is -2.33. The summed E-state index contributed by atoms with van der Waals surface area (Å²) in [7, 11) is 0. The first-order valence-electron chi connectivity index (χ1n) is 7.60. The Hall–Kier alpha value is -1.68. The molecule has 0 saturated heterocycles. The third-order valence-electron chi connectivity index (χ3n) is 4.18. The summed E-state index contributed by atoms with van der Waals surface area (Å²) in [5.74, 6) is 1.50. The van der Waals surface area contributed by atoms with Crippen LogP contribution in [0, 0.1) is 0 Å². The molecule has 112 valence electrons. The van der Waals surface area contributed by atoms with Crippen molar-refractivity contribution < 1.29 is 4.52 Å². The van der Waals surface area contributed by atoms with Crippen molar-refractivity contribution in [1.82, 2.24) is 15.0 Å². The van der Waals surface area contributed by atoms with Gasteiger partial charge in [0.25, 0.3) is 0 Å². The normalized spacial score (nSPS) is 17.5. The fourth-order valence-corrected chi connectivity index (χ4v) is 2.71. The maximum absolute atomic E-state index is 5.49. The van der Waals surface area contributed by atoms with E-state index in [4.69, 9.17) is 4.52 Å². The van der Waals surface area contributed by atoms with E-state index in [1.54, 1.807) is 0 Å². The van der Waals surface area contributed by atoms with E-state index in [-0.39, 0.29) is 11.5 Å². The summed E-state index contributed by atoms with van der Waals surface area (Å²) in [5, 5.41) is 4.13. The molecule has 1 aromatic carbocycles. The second-order valence-corrected chi connectivity index (χ2v) is 6.87. The van der Waals surface area contributed by atoms with Crippen LogP contribution >= 0.6 is 0 Å². The van der Waals surface area contributed by atoms with Gasteiger partial charge in [-0.1, -0.05) is 50.2 Å². The summed E-state index contributed by atoms with van der Waals surface area (Å²) >= 11 is 0. The zero-order valence-electron chi connectivity index (χ0n) is 13.3. The van der Waals surface area contributed by atoms with Crippen molar-refractivity contribution >= 4 is 0 Å². The summed E-state index contributed by atoms with van der Waals surface area (Å²) < 4.78 is 5.49. The molecule has 0 amide bonds. The van der Waals surface area contributed by atoms with Crippen molar-refractivity contribution in [1.29, 1.82) is 0 Å². The average Bonchev–Trinajstić information content (AvgIpc) is 2.96. The van der Waals surface area contributed by atoms with Gasteiger partial charge < -0.3 is 4.52 Å². The van der Waals surface area contributed by atoms with Gasteiger partial charge in [-0.3, -0.25) is 4.90 Å². The van der Waals surface area contributed by atoms with Gasteiger partial charge in [0, 0.05) is 18.5 Å². The Labute approximate surface area is 126 Å². The number of benzene rings is 1. The second kappa shape index (κ2) is 5.26. The van der Waals surface area contributed by atoms with Gasteiger partial charge in [0.2, 0.25) is 5.89 Å². The van der Waals surface area contributed by atoms with E-state index in [0.29, 0.717) is 0 Å². The number of aromatic nitrogens is 2. The number of hydrogen-bond acceptors (Lipinski definition) is 4. The summed E-state index contributed by atoms with van der Waals surface area (Å²) in [6.45, 7) is 10.4. The minimum absolute atomic E-state index is 0.0734. The van der Waals surface area contributed by atoms with Crippen molar-refractivity contribution in [2.45, 2.75) is 52.1 Å². The molecule has 1 aliphatic rings. The topological polar surface area (TPSA) is 42.2 Å². The van der Waals surface area contributed by atoms with Crippen molar-refractivity contribution in [3.63, 3.8) is 0 Å². The molecule has 0 N–H and O–H groups in total. The van der Waals surface area contributed by atoms with Crippen molar-refractivity contribution in [2.24, 2.45) is 0 Å². The Morgan fingerprint density at radius 1 is 1.19 bits per heavy atom. The van der Waals surface area contributed by atoms with Crippen LogP contribution in [0.25, 0.3) is 0 Å². The van der Waals surface area contributed by atoms with E-state index >= 15 is 0 Å². The van der Waals surface area contributed by atoms with Crippen LogP contribution in [0.3, 0.4) is 0 Å². The minimum Gasteiger partial charge on any atom is -0.338 e. The van der Waals surface area contributed by atoms with Crippen LogP contribution in [0.4, 0.5) is 0 Å². The predicted octanol–water partition coefficient (Wildman–Crippen LogP) is 3.49. The molecule has 0 aliphatic carbocycles. The molecule has 1 aliphatic heterocycles. The van der Waals surface area contributed by atoms with Crippen LogP contribution in [-0.4, -0.2) is 21.6 Å². The van der Waals surface area contributed by atoms with Crippen LogP contribution in [0.2, 0.25) is 0 Å². The monoisotopic (exact) mass is 285 g/mol. The van der Waals surface area contributed by atoms with Crippen LogP contribution in [-0.2, 0) is 18.4 Å². The molecule has 0 radical (unpaired) electrons. The highest BCUT2D eigenvalue weighted by Gasteiger charge is 2.27. The molecule has 0 spiro atoms. The van der Waals surface area contributed by atoms with Gasteiger partial charge in [-0.25, -0.2) is 0 Å². The van der Waals surface area contributed by atoms with E-state index in [0.717, 1.165) is 31.2 Å². The van der Waals surface area contributed by atoms with Crippen LogP contribution in [0.5, 0.6) is 0 Å². The van der Waals surface area contributed by atoms with Gasteiger partial charge in [-0.15, -0.1) is 0 Å². The lowest BCUT2D eigenvalue weighted by atomic mass is 9.96. The molecule has 4 heteroatoms. The average molecular weight is 285 g/mol. The standard InChI is InChI=1S/C17H23N3O/c1-12(15-18-16(19-21-15)17(2,3)4)20-10-9-13-7-5-6-8-14(13)11-20/h5-8,12H,9-11H2,1-4H3/t12-/m0/s1. The molecule has 3 rings (SSSR count). The highest BCUT2D eigenvalue weighted by Crippen LogP contribution is 2.28. The summed E-state index contributed by atoms with van der Waals surface area (Å²) in [6, 6.07) is 8.81. The highest BCUT2D eigenvalue weighted by atomic mass is 16.5. The molecule has 4 nitrogen and oxygen atoms in total. The van der Waals surface area contributed by atoms with Crippen LogP contribution in [0.15, 0.2) is 28.8 Å². The summed E-state index contributed by atoms with van der Waals surface area (Å²) in [6.07, 6.45) is 1.08. The molecule has 1 atom stereocenters. The van der Waals surface area contributed by atoms with Gasteiger partial charge in [0.1, 0.15) is 0 Å². The predicted molar refractivity (Wildman–Crippen MR) is 82.0 cm³/mol. The Bertz CT molecular complexity index is 627. The van der Waals surface area contributed by atoms with Crippen molar-refractivity contribution in [3.05, 3.63) is 47.1 Å². The number of hydrogen-bond donors (Lipinski definition) is 0. The first-order valence-corrected chi connectivity index (χ1v) is 7.60. The molecule has 0 fully saturated rings. The molecule has 2 heterocycles. The first kappa shape index (κ1) is 14.3. The lowest BCUT2D eigenvalue weighted by Gasteiger charge is -2.31. The minimum atomic E-state index is -0.0734. The third-order valence-corrected chi connectivity index (χ3v) is 4.18. The Balaban J connectivity index is 1.77. The molecular weight excluding hydrogens is 262 g/mol. The Morgan fingerprint density at radius 2 is 1.90 bits per heavy atom. The fourth-order valence-electron chi connectivity index (χ4n) is 2.71. The smallest absolute Gasteiger partial charge is 0.243 e. The van der Waals surface area contributed by atoms with Gasteiger partial charge in [0.05, 0.1) is 6.04 Å². The first-order chi connectivity index (χ1) is 9.95. The van der Waals surface area contributed by atoms with E-state index in [1.165, 1.54) is 11.1 Å². The van der Waals surface area contributed by atoms with Crippen molar-refractivity contribution in [3.8, 4) is 0 Å². The van der Waals surface area contributed by atoms with Crippen LogP contribution < -0.4 is 0 Å². The van der Waals surface area contributed by atoms with Crippen LogP contribution in [0.1, 0.15) is 56.6 Å². The van der Waals surface area contributed by atoms with E-state index in [9.17, 15) is 0 Å². The van der Waals surface area contributed by atoms with Gasteiger partial charge in [-0.05, 0) is 24.5 Å². The van der Waals surface area contributed by atoms with Gasteiger partial charge in [0.15, 0.2) is 5.82 Å². The quantitative estimate of drug-likeness (QED) is 0.847. The zero-order chi connectivity index (χ0) is 15.0. The summed E-state index contributed by atoms with van der Waals surface area (Å²) in [5.41, 5.74) is 2.80. The third kappa shape index (κ3) is 2.86. The lowest BCUT2D eigenvalue weighted by molar-refractivity contribution is 0.158. The van der Waals surface area contributed by atoms with Crippen molar-refractivity contribution in [2.75, 3.05) is 6.54 Å². The molecule has 0 unspecified atom stereocenters. The molecule has 2 aromatic rings. The molecule has 21 heavy (non-hydrogen) atoms. The Morgan fingerprint density at radius 3 is 2.57 bits per heavy atom. The Kier molecular flexibility index (Phi) is 3.57. The van der Waals surface area contributed by atoms with E-state index in [1.807, 2.05) is 0 Å². The number of rotatable bonds is 2. The maximum atomic E-state index is 5.49. The zero-order valence-corrected chi connectivity index (χ0v) is 13.3. The van der Waals surface area contributed by atoms with E-state index < -0.39 is 0 Å². The van der Waals surface area contributed by atoms with Gasteiger partial charge in [-0.2, -0.15) is 4.98 Å². The number of fused-ring (bicyclic) bond motifs is 1. The number of nitrogens with zero attached hydrogens (tertiary/aromatic N) is 3. The van der Waals surface area contributed by atoms with E-state index in [2.05, 4.69) is 67.0 Å². The SMILES string of the molecule is C[C@@H](c1nc(C(C)(C)C)no1)N1CCc2ccccc2C1. The second-order valence-electron chi connectivity index (χ2n) is 6.87. The maximum Gasteiger partial charge on any atom is 0.243 e. The molecule has 0 saturated carbocycles. The fraction of sp³-hybridized carbons (Fsp3) is 0.529. The summed E-state index contributed by atoms with van der Waals surface area (Å²) in [4.78, 5) is 7.00. The molecule has 0 bridgehead atoms.